The molecule has 1 heterocycles. The molecule has 1 atom stereocenters. The lowest BCUT2D eigenvalue weighted by Gasteiger charge is -2.24. The monoisotopic (exact) mass is 520 g/mol. The number of alkyl halides is 3. The smallest absolute Gasteiger partial charge is 0.429 e. The van der Waals surface area contributed by atoms with Crippen molar-refractivity contribution in [3.63, 3.8) is 0 Å². The second-order valence-electron chi connectivity index (χ2n) is 8.60. The van der Waals surface area contributed by atoms with Crippen molar-refractivity contribution >= 4 is 17.6 Å². The van der Waals surface area contributed by atoms with Crippen LogP contribution in [0.1, 0.15) is 22.8 Å². The topological polar surface area (TPSA) is 122 Å². The third kappa shape index (κ3) is 6.15. The SMILES string of the molecule is Cc1cccc(-c2ccccc2C(Oc2cc(-c3ccc(CC(=N)C(=O)O)cc3)nc(N)n2)C(F)(F)F)c1. The zero-order valence-electron chi connectivity index (χ0n) is 20.2. The summed E-state index contributed by atoms with van der Waals surface area (Å²) >= 11 is 0. The average molecular weight is 521 g/mol. The van der Waals surface area contributed by atoms with Crippen molar-refractivity contribution in [3.8, 4) is 28.3 Å². The van der Waals surface area contributed by atoms with Crippen molar-refractivity contribution < 1.29 is 27.8 Å². The molecule has 0 saturated heterocycles. The summed E-state index contributed by atoms with van der Waals surface area (Å²) < 4.78 is 48.5. The van der Waals surface area contributed by atoms with Crippen LogP contribution in [0.4, 0.5) is 19.1 Å². The molecule has 0 amide bonds. The molecule has 0 spiro atoms. The molecular formula is C28H23F3N4O3. The van der Waals surface area contributed by atoms with Gasteiger partial charge in [-0.2, -0.15) is 18.2 Å². The first-order chi connectivity index (χ1) is 18.0. The largest absolute Gasteiger partial charge is 0.477 e. The van der Waals surface area contributed by atoms with Gasteiger partial charge < -0.3 is 15.6 Å². The van der Waals surface area contributed by atoms with Gasteiger partial charge in [-0.05, 0) is 23.6 Å². The lowest BCUT2D eigenvalue weighted by atomic mass is 9.95. The van der Waals surface area contributed by atoms with Crippen LogP contribution in [0, 0.1) is 12.3 Å². The molecule has 4 rings (SSSR count). The van der Waals surface area contributed by atoms with E-state index in [1.54, 1.807) is 54.6 Å². The Morgan fingerprint density at radius 3 is 2.37 bits per heavy atom. The first-order valence-corrected chi connectivity index (χ1v) is 11.4. The normalized spacial score (nSPS) is 12.1. The molecular weight excluding hydrogens is 497 g/mol. The fraction of sp³-hybridized carbons (Fsp3) is 0.143. The van der Waals surface area contributed by atoms with Crippen molar-refractivity contribution in [2.45, 2.75) is 25.6 Å². The van der Waals surface area contributed by atoms with Gasteiger partial charge in [-0.1, -0.05) is 78.4 Å². The summed E-state index contributed by atoms with van der Waals surface area (Å²) in [5.74, 6) is -1.95. The summed E-state index contributed by atoms with van der Waals surface area (Å²) in [6.07, 6.45) is -7.18. The van der Waals surface area contributed by atoms with Crippen molar-refractivity contribution in [2.75, 3.05) is 5.73 Å². The number of carboxylic acid groups (broad SMARTS) is 1. The van der Waals surface area contributed by atoms with E-state index in [-0.39, 0.29) is 29.5 Å². The predicted octanol–water partition coefficient (Wildman–Crippen LogP) is 6.03. The Kier molecular flexibility index (Phi) is 7.43. The first-order valence-electron chi connectivity index (χ1n) is 11.4. The second-order valence-corrected chi connectivity index (χ2v) is 8.60. The summed E-state index contributed by atoms with van der Waals surface area (Å²) in [7, 11) is 0. The molecule has 0 radical (unpaired) electrons. The minimum atomic E-state index is -4.77. The van der Waals surface area contributed by atoms with Gasteiger partial charge in [0.25, 0.3) is 0 Å². The third-order valence-corrected chi connectivity index (χ3v) is 5.72. The van der Waals surface area contributed by atoms with Gasteiger partial charge in [-0.25, -0.2) is 9.78 Å². The summed E-state index contributed by atoms with van der Waals surface area (Å²) in [5, 5.41) is 16.4. The molecule has 4 aromatic rings. The zero-order valence-corrected chi connectivity index (χ0v) is 20.2. The number of nitrogens with two attached hydrogens (primary N) is 1. The highest BCUT2D eigenvalue weighted by molar-refractivity contribution is 6.34. The molecule has 194 valence electrons. The van der Waals surface area contributed by atoms with Crippen molar-refractivity contribution in [2.24, 2.45) is 0 Å². The number of ether oxygens (including phenoxy) is 1. The molecule has 3 aromatic carbocycles. The Morgan fingerprint density at radius 2 is 1.71 bits per heavy atom. The number of nitrogen functional groups attached to an aromatic ring is 1. The maximum Gasteiger partial charge on any atom is 0.429 e. The lowest BCUT2D eigenvalue weighted by Crippen LogP contribution is -2.27. The summed E-state index contributed by atoms with van der Waals surface area (Å²) in [6, 6.07) is 21.0. The van der Waals surface area contributed by atoms with Gasteiger partial charge in [0, 0.05) is 23.6 Å². The van der Waals surface area contributed by atoms with E-state index in [2.05, 4.69) is 9.97 Å². The Labute approximate surface area is 216 Å². The number of anilines is 1. The minimum Gasteiger partial charge on any atom is -0.477 e. The number of aryl methyl sites for hydroxylation is 1. The van der Waals surface area contributed by atoms with Gasteiger partial charge in [-0.3, -0.25) is 5.41 Å². The van der Waals surface area contributed by atoms with Crippen LogP contribution in [0.2, 0.25) is 0 Å². The average Bonchev–Trinajstić information content (AvgIpc) is 2.87. The first kappa shape index (κ1) is 26.3. The van der Waals surface area contributed by atoms with Gasteiger partial charge >= 0.3 is 12.1 Å². The van der Waals surface area contributed by atoms with Gasteiger partial charge in [0.15, 0.2) is 0 Å². The number of aromatic nitrogens is 2. The molecule has 1 aromatic heterocycles. The molecule has 0 saturated carbocycles. The third-order valence-electron chi connectivity index (χ3n) is 5.72. The predicted molar refractivity (Wildman–Crippen MR) is 137 cm³/mol. The maximum atomic E-state index is 14.3. The number of nitrogens with zero attached hydrogens (tertiary/aromatic N) is 2. The van der Waals surface area contributed by atoms with Crippen LogP contribution in [-0.2, 0) is 11.2 Å². The van der Waals surface area contributed by atoms with Gasteiger partial charge in [0.2, 0.25) is 17.9 Å². The van der Waals surface area contributed by atoms with E-state index >= 15 is 0 Å². The second kappa shape index (κ2) is 10.7. The van der Waals surface area contributed by atoms with Crippen LogP contribution in [0.3, 0.4) is 0 Å². The highest BCUT2D eigenvalue weighted by Crippen LogP contribution is 2.41. The van der Waals surface area contributed by atoms with E-state index in [1.807, 2.05) is 13.0 Å². The number of aliphatic carboxylic acids is 1. The van der Waals surface area contributed by atoms with Crippen LogP contribution in [0.25, 0.3) is 22.4 Å². The summed E-state index contributed by atoms with van der Waals surface area (Å²) in [4.78, 5) is 18.9. The van der Waals surface area contributed by atoms with Crippen molar-refractivity contribution in [1.29, 1.82) is 5.41 Å². The zero-order chi connectivity index (χ0) is 27.4. The quantitative estimate of drug-likeness (QED) is 0.244. The molecule has 4 N–H and O–H groups in total. The van der Waals surface area contributed by atoms with Crippen LogP contribution in [-0.4, -0.2) is 32.9 Å². The highest BCUT2D eigenvalue weighted by Gasteiger charge is 2.44. The molecule has 0 fully saturated rings. The fourth-order valence-corrected chi connectivity index (χ4v) is 3.95. The van der Waals surface area contributed by atoms with Crippen molar-refractivity contribution in [1.82, 2.24) is 9.97 Å². The number of benzene rings is 3. The number of hydrogen-bond donors (Lipinski definition) is 3. The van der Waals surface area contributed by atoms with Crippen molar-refractivity contribution in [3.05, 3.63) is 95.6 Å². The highest BCUT2D eigenvalue weighted by atomic mass is 19.4. The molecule has 38 heavy (non-hydrogen) atoms. The van der Waals surface area contributed by atoms with Crippen LogP contribution in [0.5, 0.6) is 5.88 Å². The molecule has 0 aliphatic heterocycles. The maximum absolute atomic E-state index is 14.3. The Balaban J connectivity index is 1.68. The van der Waals surface area contributed by atoms with E-state index in [4.69, 9.17) is 21.0 Å². The molecule has 0 bridgehead atoms. The van der Waals surface area contributed by atoms with Gasteiger partial charge in [0.05, 0.1) is 5.69 Å². The van der Waals surface area contributed by atoms with E-state index < -0.39 is 24.0 Å². The summed E-state index contributed by atoms with van der Waals surface area (Å²) in [5.41, 5.74) is 8.47. The lowest BCUT2D eigenvalue weighted by molar-refractivity contribution is -0.198. The number of carbonyl (C=O) groups is 1. The van der Waals surface area contributed by atoms with Crippen LogP contribution >= 0.6 is 0 Å². The number of carboxylic acids is 1. The fourth-order valence-electron chi connectivity index (χ4n) is 3.95. The number of rotatable bonds is 8. The molecule has 10 heteroatoms. The summed E-state index contributed by atoms with van der Waals surface area (Å²) in [6.45, 7) is 1.86. The number of hydrogen-bond acceptors (Lipinski definition) is 6. The van der Waals surface area contributed by atoms with Gasteiger partial charge in [0.1, 0.15) is 5.71 Å². The standard InChI is InChI=1S/C28H23F3N4O3/c1-16-5-4-6-19(13-16)20-7-2-3-8-21(20)25(28(29,30)31)38-24-15-23(34-27(33)35-24)18-11-9-17(10-12-18)14-22(32)26(36)37/h2-13,15,25,32H,14H2,1H3,(H,36,37)(H2,33,34,35). The molecule has 0 aliphatic rings. The molecule has 7 nitrogen and oxygen atoms in total. The van der Waals surface area contributed by atoms with E-state index in [0.29, 0.717) is 22.3 Å². The Bertz CT molecular complexity index is 1490. The number of halogens is 3. The van der Waals surface area contributed by atoms with E-state index in [0.717, 1.165) is 5.56 Å². The molecule has 1 unspecified atom stereocenters. The van der Waals surface area contributed by atoms with E-state index in [9.17, 15) is 18.0 Å². The van der Waals surface area contributed by atoms with Crippen LogP contribution in [0.15, 0.2) is 78.9 Å². The van der Waals surface area contributed by atoms with Gasteiger partial charge in [-0.15, -0.1) is 0 Å². The molecule has 0 aliphatic carbocycles. The Hall–Kier alpha value is -4.73. The van der Waals surface area contributed by atoms with E-state index in [1.165, 1.54) is 18.2 Å². The number of nitrogens with one attached hydrogen (secondary N) is 1. The Morgan fingerprint density at radius 1 is 1.00 bits per heavy atom. The minimum absolute atomic E-state index is 0.0745. The van der Waals surface area contributed by atoms with Crippen LogP contribution < -0.4 is 10.5 Å².